The normalized spacial score (nSPS) is 26.6. The summed E-state index contributed by atoms with van der Waals surface area (Å²) in [6.45, 7) is 2.55. The van der Waals surface area contributed by atoms with Crippen molar-refractivity contribution in [1.29, 1.82) is 0 Å². The lowest BCUT2D eigenvalue weighted by atomic mass is 9.96. The molecular weight excluding hydrogens is 445 g/mol. The smallest absolute Gasteiger partial charge is 0.471 e. The zero-order valence-electron chi connectivity index (χ0n) is 16.1. The highest BCUT2D eigenvalue weighted by molar-refractivity contribution is 7.87. The number of β-lactam (4-membered cyclic amide) rings is 1. The number of benzene rings is 1. The van der Waals surface area contributed by atoms with Gasteiger partial charge in [-0.3, -0.25) is 13.8 Å². The SMILES string of the molecule is CC1(C)[C@H](C(=O)OCc2ccc(C(=O)O)cc2)N2C(=O)[C@H](NC(=O)C(F)(F)F)[C@@H]2S1=O. The summed E-state index contributed by atoms with van der Waals surface area (Å²) >= 11 is 0. The van der Waals surface area contributed by atoms with Crippen molar-refractivity contribution in [3.63, 3.8) is 0 Å². The van der Waals surface area contributed by atoms with Crippen molar-refractivity contribution in [2.45, 2.75) is 48.8 Å². The maximum absolute atomic E-state index is 12.8. The Bertz CT molecular complexity index is 977. The fraction of sp³-hybridized carbons (Fsp3) is 0.444. The van der Waals surface area contributed by atoms with Crippen LogP contribution in [0.5, 0.6) is 0 Å². The van der Waals surface area contributed by atoms with Crippen LogP contribution in [0.3, 0.4) is 0 Å². The van der Waals surface area contributed by atoms with E-state index in [0.29, 0.717) is 5.56 Å². The molecule has 0 aliphatic carbocycles. The first-order valence-corrected chi connectivity index (χ1v) is 10.1. The van der Waals surface area contributed by atoms with Crippen molar-refractivity contribution in [3.8, 4) is 0 Å². The lowest BCUT2D eigenvalue weighted by molar-refractivity contribution is -0.179. The Kier molecular flexibility index (Phi) is 5.59. The number of alkyl halides is 3. The number of carbonyl (C=O) groups is 4. The number of ether oxygens (including phenoxy) is 1. The molecule has 1 aromatic carbocycles. The summed E-state index contributed by atoms with van der Waals surface area (Å²) in [6.07, 6.45) is -5.22. The highest BCUT2D eigenvalue weighted by Gasteiger charge is 2.69. The summed E-state index contributed by atoms with van der Waals surface area (Å²) in [7, 11) is -1.97. The van der Waals surface area contributed by atoms with Crippen LogP contribution in [0.25, 0.3) is 0 Å². The molecule has 168 valence electrons. The number of rotatable bonds is 5. The lowest BCUT2D eigenvalue weighted by Gasteiger charge is -2.43. The predicted octanol–water partition coefficient (Wildman–Crippen LogP) is 0.553. The molecule has 0 saturated carbocycles. The summed E-state index contributed by atoms with van der Waals surface area (Å²) in [5.41, 5.74) is 0.487. The number of carboxylic acid groups (broad SMARTS) is 1. The van der Waals surface area contributed by atoms with Crippen LogP contribution in [0.2, 0.25) is 0 Å². The number of carboxylic acids is 1. The Morgan fingerprint density at radius 1 is 1.23 bits per heavy atom. The summed E-state index contributed by atoms with van der Waals surface area (Å²) < 4.78 is 54.1. The van der Waals surface area contributed by atoms with Crippen molar-refractivity contribution in [2.24, 2.45) is 0 Å². The Morgan fingerprint density at radius 3 is 2.32 bits per heavy atom. The highest BCUT2D eigenvalue weighted by atomic mass is 32.2. The second-order valence-electron chi connectivity index (χ2n) is 7.50. The Hall–Kier alpha value is -2.96. The van der Waals surface area contributed by atoms with Crippen LogP contribution in [0, 0.1) is 0 Å². The third kappa shape index (κ3) is 3.89. The van der Waals surface area contributed by atoms with Gasteiger partial charge in [-0.05, 0) is 31.5 Å². The van der Waals surface area contributed by atoms with Crippen LogP contribution in [0.4, 0.5) is 13.2 Å². The van der Waals surface area contributed by atoms with Crippen LogP contribution >= 0.6 is 0 Å². The van der Waals surface area contributed by atoms with Crippen LogP contribution in [0.15, 0.2) is 24.3 Å². The second kappa shape index (κ2) is 7.62. The number of carbonyl (C=O) groups excluding carboxylic acids is 3. The van der Waals surface area contributed by atoms with Crippen LogP contribution in [-0.2, 0) is 36.5 Å². The Morgan fingerprint density at radius 2 is 1.81 bits per heavy atom. The third-order valence-corrected chi connectivity index (χ3v) is 7.30. The van der Waals surface area contributed by atoms with E-state index in [0.717, 1.165) is 4.90 Å². The average Bonchev–Trinajstić information content (AvgIpc) is 2.87. The van der Waals surface area contributed by atoms with Gasteiger partial charge in [-0.2, -0.15) is 13.2 Å². The van der Waals surface area contributed by atoms with E-state index in [-0.39, 0.29) is 12.2 Å². The van der Waals surface area contributed by atoms with E-state index in [1.807, 2.05) is 0 Å². The first kappa shape index (κ1) is 22.7. The van der Waals surface area contributed by atoms with Gasteiger partial charge in [0.15, 0.2) is 0 Å². The van der Waals surface area contributed by atoms with Gasteiger partial charge in [0.2, 0.25) is 5.91 Å². The molecule has 0 bridgehead atoms. The van der Waals surface area contributed by atoms with E-state index in [2.05, 4.69) is 0 Å². The number of hydrogen-bond acceptors (Lipinski definition) is 6. The molecule has 2 aliphatic heterocycles. The number of aromatic carboxylic acids is 1. The first-order chi connectivity index (χ1) is 14.3. The van der Waals surface area contributed by atoms with Gasteiger partial charge < -0.3 is 20.1 Å². The molecule has 0 radical (unpaired) electrons. The molecule has 31 heavy (non-hydrogen) atoms. The van der Waals surface area contributed by atoms with Crippen LogP contribution in [0.1, 0.15) is 29.8 Å². The van der Waals surface area contributed by atoms with Gasteiger partial charge >= 0.3 is 24.0 Å². The predicted molar refractivity (Wildman–Crippen MR) is 97.8 cm³/mol. The van der Waals surface area contributed by atoms with Gasteiger partial charge in [-0.15, -0.1) is 0 Å². The number of nitrogens with zero attached hydrogens (tertiary/aromatic N) is 1. The number of esters is 1. The number of fused-ring (bicyclic) bond motifs is 1. The molecule has 2 N–H and O–H groups in total. The molecule has 9 nitrogen and oxygen atoms in total. The molecule has 0 aromatic heterocycles. The number of halogens is 3. The van der Waals surface area contributed by atoms with E-state index in [1.165, 1.54) is 43.4 Å². The van der Waals surface area contributed by atoms with Gasteiger partial charge in [0.05, 0.1) is 21.1 Å². The molecule has 2 aliphatic rings. The monoisotopic (exact) mass is 462 g/mol. The van der Waals surface area contributed by atoms with Crippen molar-refractivity contribution < 1.29 is 46.4 Å². The lowest BCUT2D eigenvalue weighted by Crippen LogP contribution is -2.72. The van der Waals surface area contributed by atoms with Gasteiger partial charge in [-0.25, -0.2) is 9.59 Å². The quantitative estimate of drug-likeness (QED) is 0.483. The molecule has 2 saturated heterocycles. The summed E-state index contributed by atoms with van der Waals surface area (Å²) in [5, 5.41) is 9.12. The molecule has 1 aromatic rings. The third-order valence-electron chi connectivity index (χ3n) is 5.10. The van der Waals surface area contributed by atoms with Gasteiger partial charge in [0, 0.05) is 0 Å². The van der Waals surface area contributed by atoms with Gasteiger partial charge in [0.1, 0.15) is 24.1 Å². The first-order valence-electron chi connectivity index (χ1n) is 8.86. The summed E-state index contributed by atoms with van der Waals surface area (Å²) in [4.78, 5) is 48.0. The zero-order chi connectivity index (χ0) is 23.3. The molecule has 2 heterocycles. The second-order valence-corrected chi connectivity index (χ2v) is 9.63. The highest BCUT2D eigenvalue weighted by Crippen LogP contribution is 2.44. The fourth-order valence-electron chi connectivity index (χ4n) is 3.47. The topological polar surface area (TPSA) is 130 Å². The largest absolute Gasteiger partial charge is 0.478 e. The summed E-state index contributed by atoms with van der Waals surface area (Å²) in [5.74, 6) is -5.35. The van der Waals surface area contributed by atoms with Crippen molar-refractivity contribution in [2.75, 3.05) is 0 Å². The number of nitrogens with one attached hydrogen (secondary N) is 1. The molecular formula is C18H17F3N2O7S. The minimum Gasteiger partial charge on any atom is -0.478 e. The van der Waals surface area contributed by atoms with E-state index < -0.39 is 62.9 Å². The van der Waals surface area contributed by atoms with Crippen LogP contribution in [-0.4, -0.2) is 66.3 Å². The average molecular weight is 462 g/mol. The molecule has 4 atom stereocenters. The molecule has 2 amide bonds. The molecule has 13 heteroatoms. The fourth-order valence-corrected chi connectivity index (χ4v) is 5.39. The number of amides is 2. The van der Waals surface area contributed by atoms with Gasteiger partial charge in [-0.1, -0.05) is 12.1 Å². The standard InChI is InChI=1S/C18H17F3N2O7S/c1-17(2)11(15(27)30-7-8-3-5-9(6-4-8)14(25)26)23-12(24)10(13(23)31(17)29)22-16(28)18(19,20)21/h3-6,10-11,13H,7H2,1-2H3,(H,22,28)(H,25,26)/t10-,11-,13-,31?/m0/s1. The van der Waals surface area contributed by atoms with Gasteiger partial charge in [0.25, 0.3) is 0 Å². The molecule has 0 spiro atoms. The van der Waals surface area contributed by atoms with Crippen molar-refractivity contribution in [1.82, 2.24) is 10.2 Å². The van der Waals surface area contributed by atoms with E-state index >= 15 is 0 Å². The Balaban J connectivity index is 1.72. The van der Waals surface area contributed by atoms with Crippen molar-refractivity contribution in [3.05, 3.63) is 35.4 Å². The minimum absolute atomic E-state index is 0.0309. The van der Waals surface area contributed by atoms with Crippen LogP contribution < -0.4 is 5.32 Å². The zero-order valence-corrected chi connectivity index (χ0v) is 17.0. The Labute approximate surface area is 176 Å². The molecule has 1 unspecified atom stereocenters. The van der Waals surface area contributed by atoms with Crippen molar-refractivity contribution >= 4 is 34.6 Å². The molecule has 3 rings (SSSR count). The maximum atomic E-state index is 12.8. The number of hydrogen-bond donors (Lipinski definition) is 2. The van der Waals surface area contributed by atoms with E-state index in [4.69, 9.17) is 9.84 Å². The maximum Gasteiger partial charge on any atom is 0.471 e. The molecule has 2 fully saturated rings. The summed E-state index contributed by atoms with van der Waals surface area (Å²) in [6, 6.07) is 2.48. The van der Waals surface area contributed by atoms with E-state index in [1.54, 1.807) is 0 Å². The van der Waals surface area contributed by atoms with E-state index in [9.17, 15) is 36.6 Å². The minimum atomic E-state index is -5.22.